The predicted octanol–water partition coefficient (Wildman–Crippen LogP) is 4.94. The SMILES string of the molecule is COc1cc2c(Nc3ccc(NC(=O)c4ccccc4)cc3)ncnc2cc1C. The molecule has 0 aliphatic heterocycles. The molecule has 4 rings (SSSR count). The number of nitrogens with zero attached hydrogens (tertiary/aromatic N) is 2. The smallest absolute Gasteiger partial charge is 0.255 e. The second kappa shape index (κ2) is 7.98. The van der Waals surface area contributed by atoms with E-state index in [-0.39, 0.29) is 5.91 Å². The van der Waals surface area contributed by atoms with Crippen LogP contribution in [0.25, 0.3) is 10.9 Å². The molecule has 144 valence electrons. The first-order valence-electron chi connectivity index (χ1n) is 9.17. The third-order valence-electron chi connectivity index (χ3n) is 4.59. The summed E-state index contributed by atoms with van der Waals surface area (Å²) in [5, 5.41) is 7.07. The first-order valence-corrected chi connectivity index (χ1v) is 9.17. The van der Waals surface area contributed by atoms with Crippen molar-refractivity contribution in [1.82, 2.24) is 9.97 Å². The molecule has 0 saturated heterocycles. The molecule has 0 saturated carbocycles. The molecule has 0 spiro atoms. The molecule has 0 aliphatic rings. The van der Waals surface area contributed by atoms with Gasteiger partial charge in [-0.2, -0.15) is 0 Å². The highest BCUT2D eigenvalue weighted by atomic mass is 16.5. The number of aryl methyl sites for hydroxylation is 1. The summed E-state index contributed by atoms with van der Waals surface area (Å²) in [6, 6.07) is 20.5. The van der Waals surface area contributed by atoms with Crippen LogP contribution in [0.4, 0.5) is 17.2 Å². The quantitative estimate of drug-likeness (QED) is 0.509. The van der Waals surface area contributed by atoms with Gasteiger partial charge in [-0.1, -0.05) is 18.2 Å². The van der Waals surface area contributed by atoms with Gasteiger partial charge in [0.25, 0.3) is 5.91 Å². The highest BCUT2D eigenvalue weighted by Crippen LogP contribution is 2.29. The second-order valence-corrected chi connectivity index (χ2v) is 6.58. The fourth-order valence-corrected chi connectivity index (χ4v) is 3.07. The summed E-state index contributed by atoms with van der Waals surface area (Å²) in [5.74, 6) is 1.33. The van der Waals surface area contributed by atoms with Crippen molar-refractivity contribution in [3.8, 4) is 5.75 Å². The number of benzene rings is 3. The zero-order chi connectivity index (χ0) is 20.2. The van der Waals surface area contributed by atoms with E-state index in [4.69, 9.17) is 4.74 Å². The molecule has 0 unspecified atom stereocenters. The summed E-state index contributed by atoms with van der Waals surface area (Å²) in [4.78, 5) is 21.0. The number of carbonyl (C=O) groups is 1. The van der Waals surface area contributed by atoms with Gasteiger partial charge in [-0.25, -0.2) is 9.97 Å². The molecule has 6 nitrogen and oxygen atoms in total. The lowest BCUT2D eigenvalue weighted by Crippen LogP contribution is -2.11. The highest BCUT2D eigenvalue weighted by molar-refractivity contribution is 6.04. The normalized spacial score (nSPS) is 10.6. The number of nitrogens with one attached hydrogen (secondary N) is 2. The Morgan fingerprint density at radius 3 is 2.38 bits per heavy atom. The number of carbonyl (C=O) groups excluding carboxylic acids is 1. The Kier molecular flexibility index (Phi) is 5.07. The Balaban J connectivity index is 1.54. The van der Waals surface area contributed by atoms with Crippen LogP contribution in [-0.4, -0.2) is 23.0 Å². The monoisotopic (exact) mass is 384 g/mol. The molecule has 2 N–H and O–H groups in total. The number of anilines is 3. The third kappa shape index (κ3) is 4.01. The first kappa shape index (κ1) is 18.4. The van der Waals surface area contributed by atoms with Gasteiger partial charge in [0, 0.05) is 22.3 Å². The minimum atomic E-state index is -0.143. The van der Waals surface area contributed by atoms with E-state index in [9.17, 15) is 4.79 Å². The van der Waals surface area contributed by atoms with E-state index in [2.05, 4.69) is 20.6 Å². The van der Waals surface area contributed by atoms with Gasteiger partial charge in [0.05, 0.1) is 12.6 Å². The molecule has 29 heavy (non-hydrogen) atoms. The molecule has 0 fully saturated rings. The lowest BCUT2D eigenvalue weighted by molar-refractivity contribution is 0.102. The van der Waals surface area contributed by atoms with Crippen LogP contribution >= 0.6 is 0 Å². The van der Waals surface area contributed by atoms with Gasteiger partial charge in [-0.3, -0.25) is 4.79 Å². The van der Waals surface area contributed by atoms with Gasteiger partial charge < -0.3 is 15.4 Å². The van der Waals surface area contributed by atoms with Gasteiger partial charge in [-0.05, 0) is 61.0 Å². The summed E-state index contributed by atoms with van der Waals surface area (Å²) in [5.41, 5.74) is 4.04. The molecule has 4 aromatic rings. The van der Waals surface area contributed by atoms with Crippen LogP contribution < -0.4 is 15.4 Å². The molecule has 1 amide bonds. The second-order valence-electron chi connectivity index (χ2n) is 6.58. The van der Waals surface area contributed by atoms with E-state index in [0.29, 0.717) is 17.1 Å². The molecule has 0 bridgehead atoms. The van der Waals surface area contributed by atoms with Crippen LogP contribution in [0.1, 0.15) is 15.9 Å². The van der Waals surface area contributed by atoms with E-state index in [1.807, 2.05) is 61.5 Å². The van der Waals surface area contributed by atoms with Crippen molar-refractivity contribution in [2.24, 2.45) is 0 Å². The largest absolute Gasteiger partial charge is 0.496 e. The lowest BCUT2D eigenvalue weighted by Gasteiger charge is -2.12. The number of hydrogen-bond acceptors (Lipinski definition) is 5. The van der Waals surface area contributed by atoms with Gasteiger partial charge >= 0.3 is 0 Å². The molecule has 0 atom stereocenters. The molecule has 0 aliphatic carbocycles. The van der Waals surface area contributed by atoms with Crippen LogP contribution in [0.15, 0.2) is 73.1 Å². The van der Waals surface area contributed by atoms with Gasteiger partial charge in [0.2, 0.25) is 0 Å². The van der Waals surface area contributed by atoms with Crippen molar-refractivity contribution in [3.05, 3.63) is 84.2 Å². The van der Waals surface area contributed by atoms with E-state index in [1.165, 1.54) is 6.33 Å². The summed E-state index contributed by atoms with van der Waals surface area (Å²) in [6.07, 6.45) is 1.53. The predicted molar refractivity (Wildman–Crippen MR) is 115 cm³/mol. The third-order valence-corrected chi connectivity index (χ3v) is 4.59. The molecule has 6 heteroatoms. The zero-order valence-electron chi connectivity index (χ0n) is 16.1. The number of methoxy groups -OCH3 is 1. The van der Waals surface area contributed by atoms with E-state index >= 15 is 0 Å². The maximum absolute atomic E-state index is 12.3. The minimum absolute atomic E-state index is 0.143. The van der Waals surface area contributed by atoms with E-state index < -0.39 is 0 Å². The van der Waals surface area contributed by atoms with Gasteiger partial charge in [-0.15, -0.1) is 0 Å². The summed E-state index contributed by atoms with van der Waals surface area (Å²) >= 11 is 0. The average Bonchev–Trinajstić information content (AvgIpc) is 2.75. The topological polar surface area (TPSA) is 76.1 Å². The number of hydrogen-bond donors (Lipinski definition) is 2. The van der Waals surface area contributed by atoms with Crippen molar-refractivity contribution in [2.75, 3.05) is 17.7 Å². The lowest BCUT2D eigenvalue weighted by atomic mass is 10.1. The van der Waals surface area contributed by atoms with Crippen LogP contribution in [0.2, 0.25) is 0 Å². The van der Waals surface area contributed by atoms with Crippen molar-refractivity contribution >= 4 is 34.0 Å². The Morgan fingerprint density at radius 2 is 1.66 bits per heavy atom. The van der Waals surface area contributed by atoms with Crippen LogP contribution in [0.3, 0.4) is 0 Å². The Bertz CT molecular complexity index is 1160. The first-order chi connectivity index (χ1) is 14.1. The molecular weight excluding hydrogens is 364 g/mol. The van der Waals surface area contributed by atoms with Crippen molar-refractivity contribution < 1.29 is 9.53 Å². The van der Waals surface area contributed by atoms with Crippen molar-refractivity contribution in [2.45, 2.75) is 6.92 Å². The average molecular weight is 384 g/mol. The Labute approximate surface area is 168 Å². The van der Waals surface area contributed by atoms with Gasteiger partial charge in [0.15, 0.2) is 0 Å². The standard InChI is InChI=1S/C23H20N4O2/c1-15-12-20-19(13-21(15)29-2)22(25-14-24-20)26-17-8-10-18(11-9-17)27-23(28)16-6-4-3-5-7-16/h3-14H,1-2H3,(H,27,28)(H,24,25,26). The maximum atomic E-state index is 12.3. The fraction of sp³-hybridized carbons (Fsp3) is 0.0870. The maximum Gasteiger partial charge on any atom is 0.255 e. The number of amides is 1. The number of ether oxygens (including phenoxy) is 1. The van der Waals surface area contributed by atoms with E-state index in [1.54, 1.807) is 19.2 Å². The number of rotatable bonds is 5. The Hall–Kier alpha value is -3.93. The van der Waals surface area contributed by atoms with Crippen LogP contribution in [-0.2, 0) is 0 Å². The van der Waals surface area contributed by atoms with Crippen LogP contribution in [0.5, 0.6) is 5.75 Å². The molecule has 3 aromatic carbocycles. The molecule has 1 heterocycles. The minimum Gasteiger partial charge on any atom is -0.496 e. The highest BCUT2D eigenvalue weighted by Gasteiger charge is 2.09. The van der Waals surface area contributed by atoms with Gasteiger partial charge in [0.1, 0.15) is 17.9 Å². The number of fused-ring (bicyclic) bond motifs is 1. The molecular formula is C23H20N4O2. The van der Waals surface area contributed by atoms with Crippen LogP contribution in [0, 0.1) is 6.92 Å². The molecule has 1 aromatic heterocycles. The summed E-state index contributed by atoms with van der Waals surface area (Å²) < 4.78 is 5.42. The Morgan fingerprint density at radius 1 is 0.931 bits per heavy atom. The molecule has 0 radical (unpaired) electrons. The summed E-state index contributed by atoms with van der Waals surface area (Å²) in [7, 11) is 1.65. The van der Waals surface area contributed by atoms with Crippen molar-refractivity contribution in [1.29, 1.82) is 0 Å². The van der Waals surface area contributed by atoms with E-state index in [0.717, 1.165) is 27.9 Å². The fourth-order valence-electron chi connectivity index (χ4n) is 3.07. The van der Waals surface area contributed by atoms with Crippen molar-refractivity contribution in [3.63, 3.8) is 0 Å². The number of aromatic nitrogens is 2. The summed E-state index contributed by atoms with van der Waals surface area (Å²) in [6.45, 7) is 1.98. The zero-order valence-corrected chi connectivity index (χ0v) is 16.1.